The summed E-state index contributed by atoms with van der Waals surface area (Å²) in [6.45, 7) is 7.97. The number of Topliss-reactive ketones (excluding diaryl/α,β-unsaturated/α-hetero) is 1. The van der Waals surface area contributed by atoms with E-state index in [0.717, 1.165) is 6.42 Å². The van der Waals surface area contributed by atoms with Gasteiger partial charge in [-0.05, 0) is 6.42 Å². The molecule has 0 fully saturated rings. The average molecular weight is 221 g/mol. The summed E-state index contributed by atoms with van der Waals surface area (Å²) in [6.07, 6.45) is 1.67. The summed E-state index contributed by atoms with van der Waals surface area (Å²) >= 11 is 3.45. The first-order valence-electron chi connectivity index (χ1n) is 4.05. The summed E-state index contributed by atoms with van der Waals surface area (Å²) in [5.41, 5.74) is -0.179. The van der Waals surface area contributed by atoms with Crippen molar-refractivity contribution >= 4 is 21.7 Å². The van der Waals surface area contributed by atoms with Crippen LogP contribution in [0.1, 0.15) is 40.5 Å². The largest absolute Gasteiger partial charge is 0.299 e. The Labute approximate surface area is 77.7 Å². The number of hydrogen-bond donors (Lipinski definition) is 0. The monoisotopic (exact) mass is 220 g/mol. The van der Waals surface area contributed by atoms with Crippen LogP contribution in [0.4, 0.5) is 0 Å². The van der Waals surface area contributed by atoms with Gasteiger partial charge in [0.15, 0.2) is 0 Å². The lowest BCUT2D eigenvalue weighted by molar-refractivity contribution is -0.126. The van der Waals surface area contributed by atoms with Gasteiger partial charge in [-0.1, -0.05) is 43.6 Å². The highest BCUT2D eigenvalue weighted by atomic mass is 79.9. The molecule has 66 valence electrons. The zero-order chi connectivity index (χ0) is 9.07. The molecule has 0 heterocycles. The van der Waals surface area contributed by atoms with Crippen LogP contribution >= 0.6 is 15.9 Å². The molecule has 0 amide bonds. The lowest BCUT2D eigenvalue weighted by atomic mass is 9.88. The van der Waals surface area contributed by atoms with Crippen LogP contribution in [0, 0.1) is 5.41 Å². The minimum absolute atomic E-state index is 0.179. The first-order valence-corrected chi connectivity index (χ1v) is 4.97. The molecule has 0 saturated heterocycles. The number of carbonyl (C=O) groups excluding carboxylic acids is 1. The summed E-state index contributed by atoms with van der Waals surface area (Å²) in [6, 6.07) is 0. The molecule has 2 heteroatoms. The number of carbonyl (C=O) groups is 1. The van der Waals surface area contributed by atoms with Crippen molar-refractivity contribution in [2.75, 3.05) is 0 Å². The van der Waals surface area contributed by atoms with Gasteiger partial charge in [0.2, 0.25) is 0 Å². The van der Waals surface area contributed by atoms with Gasteiger partial charge < -0.3 is 0 Å². The molecule has 0 aliphatic heterocycles. The molecule has 1 atom stereocenters. The fourth-order valence-electron chi connectivity index (χ4n) is 0.652. The molecular weight excluding hydrogens is 204 g/mol. The van der Waals surface area contributed by atoms with Gasteiger partial charge in [-0.25, -0.2) is 0 Å². The maximum absolute atomic E-state index is 11.4. The molecule has 0 aromatic rings. The van der Waals surface area contributed by atoms with E-state index in [9.17, 15) is 4.79 Å². The van der Waals surface area contributed by atoms with E-state index < -0.39 is 0 Å². The molecule has 0 aliphatic carbocycles. The SMILES string of the molecule is CCC(Br)CC(=O)C(C)(C)C. The second-order valence-electron chi connectivity index (χ2n) is 3.88. The molecule has 0 bridgehead atoms. The van der Waals surface area contributed by atoms with Gasteiger partial charge in [0.05, 0.1) is 0 Å². The summed E-state index contributed by atoms with van der Waals surface area (Å²) in [5.74, 6) is 0.334. The van der Waals surface area contributed by atoms with E-state index in [4.69, 9.17) is 0 Å². The summed E-state index contributed by atoms with van der Waals surface area (Å²) in [4.78, 5) is 11.8. The number of ketones is 1. The Morgan fingerprint density at radius 2 is 1.91 bits per heavy atom. The Morgan fingerprint density at radius 3 is 2.18 bits per heavy atom. The van der Waals surface area contributed by atoms with Crippen LogP contribution in [-0.2, 0) is 4.79 Å². The molecule has 0 aliphatic rings. The van der Waals surface area contributed by atoms with Gasteiger partial charge in [-0.3, -0.25) is 4.79 Å². The standard InChI is InChI=1S/C9H17BrO/c1-5-7(10)6-8(11)9(2,3)4/h7H,5-6H2,1-4H3. The van der Waals surface area contributed by atoms with E-state index >= 15 is 0 Å². The normalized spacial score (nSPS) is 14.6. The zero-order valence-corrected chi connectivity index (χ0v) is 9.36. The molecular formula is C9H17BrO. The van der Waals surface area contributed by atoms with Crippen molar-refractivity contribution in [2.45, 2.75) is 45.4 Å². The second-order valence-corrected chi connectivity index (χ2v) is 5.18. The zero-order valence-electron chi connectivity index (χ0n) is 7.78. The summed E-state index contributed by atoms with van der Waals surface area (Å²) in [7, 11) is 0. The molecule has 0 rings (SSSR count). The van der Waals surface area contributed by atoms with Crippen molar-refractivity contribution in [1.29, 1.82) is 0 Å². The fourth-order valence-corrected chi connectivity index (χ4v) is 0.946. The highest BCUT2D eigenvalue weighted by Crippen LogP contribution is 2.21. The molecule has 0 N–H and O–H groups in total. The van der Waals surface area contributed by atoms with E-state index in [1.54, 1.807) is 0 Å². The van der Waals surface area contributed by atoms with Crippen LogP contribution in [0.15, 0.2) is 0 Å². The highest BCUT2D eigenvalue weighted by Gasteiger charge is 2.22. The fraction of sp³-hybridized carbons (Fsp3) is 0.889. The van der Waals surface area contributed by atoms with Crippen molar-refractivity contribution in [3.05, 3.63) is 0 Å². The van der Waals surface area contributed by atoms with Crippen LogP contribution in [-0.4, -0.2) is 10.6 Å². The molecule has 0 spiro atoms. The third kappa shape index (κ3) is 4.57. The van der Waals surface area contributed by atoms with Crippen molar-refractivity contribution in [3.8, 4) is 0 Å². The Hall–Kier alpha value is 0.150. The van der Waals surface area contributed by atoms with Crippen molar-refractivity contribution in [3.63, 3.8) is 0 Å². The van der Waals surface area contributed by atoms with Crippen LogP contribution in [0.2, 0.25) is 0 Å². The third-order valence-electron chi connectivity index (χ3n) is 1.69. The van der Waals surface area contributed by atoms with Crippen molar-refractivity contribution < 1.29 is 4.79 Å². The number of hydrogen-bond acceptors (Lipinski definition) is 1. The maximum Gasteiger partial charge on any atom is 0.139 e. The summed E-state index contributed by atoms with van der Waals surface area (Å²) in [5, 5.41) is 0. The molecule has 0 saturated carbocycles. The van der Waals surface area contributed by atoms with Crippen LogP contribution < -0.4 is 0 Å². The first-order chi connectivity index (χ1) is 4.88. The lowest BCUT2D eigenvalue weighted by Crippen LogP contribution is -2.22. The van der Waals surface area contributed by atoms with E-state index in [1.807, 2.05) is 20.8 Å². The Morgan fingerprint density at radius 1 is 1.45 bits per heavy atom. The molecule has 0 aromatic carbocycles. The molecule has 1 unspecified atom stereocenters. The van der Waals surface area contributed by atoms with Crippen LogP contribution in [0.25, 0.3) is 0 Å². The van der Waals surface area contributed by atoms with Gasteiger partial charge in [0, 0.05) is 16.7 Å². The Balaban J connectivity index is 3.88. The Bertz CT molecular complexity index is 135. The maximum atomic E-state index is 11.4. The van der Waals surface area contributed by atoms with E-state index in [2.05, 4.69) is 22.9 Å². The molecule has 0 aromatic heterocycles. The molecule has 0 radical (unpaired) electrons. The minimum atomic E-state index is -0.179. The topological polar surface area (TPSA) is 17.1 Å². The predicted molar refractivity (Wildman–Crippen MR) is 52.1 cm³/mol. The van der Waals surface area contributed by atoms with Gasteiger partial charge >= 0.3 is 0 Å². The number of alkyl halides is 1. The number of rotatable bonds is 3. The van der Waals surface area contributed by atoms with Crippen LogP contribution in [0.5, 0.6) is 0 Å². The number of halogens is 1. The second kappa shape index (κ2) is 4.24. The lowest BCUT2D eigenvalue weighted by Gasteiger charge is -2.17. The van der Waals surface area contributed by atoms with Crippen molar-refractivity contribution in [1.82, 2.24) is 0 Å². The van der Waals surface area contributed by atoms with E-state index in [1.165, 1.54) is 0 Å². The predicted octanol–water partition coefficient (Wildman–Crippen LogP) is 3.17. The van der Waals surface area contributed by atoms with Crippen LogP contribution in [0.3, 0.4) is 0 Å². The van der Waals surface area contributed by atoms with Crippen molar-refractivity contribution in [2.24, 2.45) is 5.41 Å². The van der Waals surface area contributed by atoms with Gasteiger partial charge in [0.25, 0.3) is 0 Å². The summed E-state index contributed by atoms with van der Waals surface area (Å²) < 4.78 is 0. The Kier molecular flexibility index (Phi) is 4.30. The highest BCUT2D eigenvalue weighted by molar-refractivity contribution is 9.09. The minimum Gasteiger partial charge on any atom is -0.299 e. The van der Waals surface area contributed by atoms with Gasteiger partial charge in [-0.15, -0.1) is 0 Å². The van der Waals surface area contributed by atoms with E-state index in [0.29, 0.717) is 17.0 Å². The smallest absolute Gasteiger partial charge is 0.139 e. The van der Waals surface area contributed by atoms with Gasteiger partial charge in [-0.2, -0.15) is 0 Å². The van der Waals surface area contributed by atoms with Gasteiger partial charge in [0.1, 0.15) is 5.78 Å². The average Bonchev–Trinajstić information content (AvgIpc) is 1.85. The third-order valence-corrected chi connectivity index (χ3v) is 2.66. The quantitative estimate of drug-likeness (QED) is 0.669. The molecule has 11 heavy (non-hydrogen) atoms. The molecule has 1 nitrogen and oxygen atoms in total. The van der Waals surface area contributed by atoms with E-state index in [-0.39, 0.29) is 5.41 Å². The first kappa shape index (κ1) is 11.2.